The minimum Gasteiger partial charge on any atom is -0.385 e. The lowest BCUT2D eigenvalue weighted by Crippen LogP contribution is -2.15. The van der Waals surface area contributed by atoms with E-state index in [1.165, 1.54) is 5.56 Å². The Morgan fingerprint density at radius 1 is 1.08 bits per heavy atom. The molecular formula is C21H20ClN3O. The molecule has 5 heteroatoms. The quantitative estimate of drug-likeness (QED) is 0.649. The van der Waals surface area contributed by atoms with Crippen LogP contribution in [0.15, 0.2) is 66.9 Å². The van der Waals surface area contributed by atoms with Gasteiger partial charge in [0.2, 0.25) is 0 Å². The number of hydrogen-bond acceptors (Lipinski definition) is 3. The van der Waals surface area contributed by atoms with Crippen LogP contribution in [0.1, 0.15) is 21.6 Å². The van der Waals surface area contributed by atoms with Crippen LogP contribution in [-0.2, 0) is 6.42 Å². The number of hydrogen-bond donors (Lipinski definition) is 2. The number of amides is 1. The molecule has 0 aliphatic carbocycles. The van der Waals surface area contributed by atoms with Crippen LogP contribution in [0.5, 0.6) is 0 Å². The summed E-state index contributed by atoms with van der Waals surface area (Å²) in [6, 6.07) is 19.1. The first-order valence-electron chi connectivity index (χ1n) is 8.43. The fourth-order valence-corrected chi connectivity index (χ4v) is 2.69. The Bertz CT molecular complexity index is 894. The summed E-state index contributed by atoms with van der Waals surface area (Å²) in [5.41, 5.74) is 4.25. The van der Waals surface area contributed by atoms with Crippen LogP contribution < -0.4 is 10.6 Å². The van der Waals surface area contributed by atoms with Crippen molar-refractivity contribution in [1.82, 2.24) is 4.98 Å². The molecule has 0 atom stereocenters. The Kier molecular flexibility index (Phi) is 5.87. The van der Waals surface area contributed by atoms with Gasteiger partial charge in [-0.05, 0) is 54.8 Å². The van der Waals surface area contributed by atoms with Crippen molar-refractivity contribution < 1.29 is 4.79 Å². The highest BCUT2D eigenvalue weighted by atomic mass is 35.5. The normalized spacial score (nSPS) is 10.4. The first-order chi connectivity index (χ1) is 12.6. The number of carbonyl (C=O) groups excluding carboxylic acids is 1. The van der Waals surface area contributed by atoms with Crippen LogP contribution in [0.3, 0.4) is 0 Å². The van der Waals surface area contributed by atoms with Crippen molar-refractivity contribution in [2.75, 3.05) is 17.2 Å². The number of benzene rings is 2. The first kappa shape index (κ1) is 18.0. The van der Waals surface area contributed by atoms with E-state index < -0.39 is 0 Å². The van der Waals surface area contributed by atoms with E-state index in [4.69, 9.17) is 11.6 Å². The number of nitrogens with zero attached hydrogens (tertiary/aromatic N) is 1. The summed E-state index contributed by atoms with van der Waals surface area (Å²) >= 11 is 5.90. The maximum absolute atomic E-state index is 12.4. The van der Waals surface area contributed by atoms with Gasteiger partial charge in [-0.15, -0.1) is 0 Å². The summed E-state index contributed by atoms with van der Waals surface area (Å²) in [5.74, 6) is -0.222. The van der Waals surface area contributed by atoms with Gasteiger partial charge in [0.05, 0.1) is 0 Å². The Balaban J connectivity index is 1.59. The summed E-state index contributed by atoms with van der Waals surface area (Å²) < 4.78 is 0. The predicted octanol–water partition coefficient (Wildman–Crippen LogP) is 4.95. The van der Waals surface area contributed by atoms with E-state index >= 15 is 0 Å². The van der Waals surface area contributed by atoms with Crippen molar-refractivity contribution in [3.05, 3.63) is 88.7 Å². The number of nitrogens with one attached hydrogen (secondary N) is 2. The highest BCUT2D eigenvalue weighted by molar-refractivity contribution is 6.30. The highest BCUT2D eigenvalue weighted by Gasteiger charge is 2.09. The molecule has 0 spiro atoms. The molecule has 132 valence electrons. The third kappa shape index (κ3) is 4.83. The summed E-state index contributed by atoms with van der Waals surface area (Å²) in [6.45, 7) is 2.71. The Labute approximate surface area is 158 Å². The molecule has 0 radical (unpaired) electrons. The molecule has 0 bridgehead atoms. The average molecular weight is 366 g/mol. The molecule has 0 saturated carbocycles. The molecule has 0 unspecified atom stereocenters. The zero-order chi connectivity index (χ0) is 18.4. The van der Waals surface area contributed by atoms with Gasteiger partial charge in [-0.25, -0.2) is 0 Å². The van der Waals surface area contributed by atoms with E-state index in [-0.39, 0.29) is 5.91 Å². The molecule has 26 heavy (non-hydrogen) atoms. The zero-order valence-corrected chi connectivity index (χ0v) is 15.3. The van der Waals surface area contributed by atoms with Gasteiger partial charge in [-0.3, -0.25) is 9.78 Å². The largest absolute Gasteiger partial charge is 0.385 e. The monoisotopic (exact) mass is 365 g/mol. The molecule has 0 fully saturated rings. The lowest BCUT2D eigenvalue weighted by atomic mass is 10.1. The molecule has 2 aromatic carbocycles. The predicted molar refractivity (Wildman–Crippen MR) is 107 cm³/mol. The van der Waals surface area contributed by atoms with Crippen molar-refractivity contribution in [2.45, 2.75) is 13.3 Å². The molecule has 0 aliphatic heterocycles. The SMILES string of the molecule is Cc1ccccc1NC(=O)c1cc(NCCc2ccc(Cl)cc2)ccn1. The van der Waals surface area contributed by atoms with Gasteiger partial charge in [0.25, 0.3) is 5.91 Å². The standard InChI is InChI=1S/C21H20ClN3O/c1-15-4-2-3-5-19(15)25-21(26)20-14-18(11-13-24-20)23-12-10-16-6-8-17(22)9-7-16/h2-9,11,13-14H,10,12H2,1H3,(H,23,24)(H,25,26). The Morgan fingerprint density at radius 3 is 2.62 bits per heavy atom. The van der Waals surface area contributed by atoms with Crippen molar-refractivity contribution in [3.8, 4) is 0 Å². The van der Waals surface area contributed by atoms with Gasteiger partial charge in [-0.2, -0.15) is 0 Å². The summed E-state index contributed by atoms with van der Waals surface area (Å²) in [6.07, 6.45) is 2.50. The second kappa shape index (κ2) is 8.50. The second-order valence-corrected chi connectivity index (χ2v) is 6.44. The molecule has 0 saturated heterocycles. The van der Waals surface area contributed by atoms with Crippen molar-refractivity contribution >= 4 is 28.9 Å². The van der Waals surface area contributed by atoms with Crippen LogP contribution in [0.25, 0.3) is 0 Å². The smallest absolute Gasteiger partial charge is 0.274 e. The number of rotatable bonds is 6. The first-order valence-corrected chi connectivity index (χ1v) is 8.81. The summed E-state index contributed by atoms with van der Waals surface area (Å²) in [4.78, 5) is 16.6. The van der Waals surface area contributed by atoms with E-state index in [1.807, 2.05) is 61.5 Å². The van der Waals surface area contributed by atoms with Crippen molar-refractivity contribution in [1.29, 1.82) is 0 Å². The lowest BCUT2D eigenvalue weighted by molar-refractivity contribution is 0.102. The van der Waals surface area contributed by atoms with Crippen molar-refractivity contribution in [2.24, 2.45) is 0 Å². The molecule has 1 amide bonds. The number of pyridine rings is 1. The van der Waals surface area contributed by atoms with Crippen LogP contribution >= 0.6 is 11.6 Å². The third-order valence-corrected chi connectivity index (χ3v) is 4.29. The zero-order valence-electron chi connectivity index (χ0n) is 14.5. The minimum atomic E-state index is -0.222. The number of carbonyl (C=O) groups is 1. The van der Waals surface area contributed by atoms with E-state index in [2.05, 4.69) is 15.6 Å². The minimum absolute atomic E-state index is 0.222. The Hall–Kier alpha value is -2.85. The number of halogens is 1. The molecule has 2 N–H and O–H groups in total. The number of para-hydroxylation sites is 1. The molecule has 1 heterocycles. The lowest BCUT2D eigenvalue weighted by Gasteiger charge is -2.10. The maximum Gasteiger partial charge on any atom is 0.274 e. The van der Waals surface area contributed by atoms with E-state index in [1.54, 1.807) is 12.3 Å². The average Bonchev–Trinajstić information content (AvgIpc) is 2.65. The number of aryl methyl sites for hydroxylation is 1. The van der Waals surface area contributed by atoms with E-state index in [0.29, 0.717) is 5.69 Å². The van der Waals surface area contributed by atoms with E-state index in [0.717, 1.165) is 34.9 Å². The fourth-order valence-electron chi connectivity index (χ4n) is 2.57. The van der Waals surface area contributed by atoms with Gasteiger partial charge in [0, 0.05) is 29.1 Å². The number of aromatic nitrogens is 1. The topological polar surface area (TPSA) is 54.0 Å². The van der Waals surface area contributed by atoms with Gasteiger partial charge in [-0.1, -0.05) is 41.9 Å². The third-order valence-electron chi connectivity index (χ3n) is 4.04. The molecule has 3 aromatic rings. The van der Waals surface area contributed by atoms with Crippen molar-refractivity contribution in [3.63, 3.8) is 0 Å². The second-order valence-electron chi connectivity index (χ2n) is 6.00. The number of anilines is 2. The van der Waals surface area contributed by atoms with Crippen LogP contribution in [0.4, 0.5) is 11.4 Å². The van der Waals surface area contributed by atoms with Gasteiger partial charge in [0.1, 0.15) is 5.69 Å². The molecule has 0 aliphatic rings. The highest BCUT2D eigenvalue weighted by Crippen LogP contribution is 2.16. The fraction of sp³-hybridized carbons (Fsp3) is 0.143. The molecule has 3 rings (SSSR count). The van der Waals surface area contributed by atoms with Crippen LogP contribution in [0.2, 0.25) is 5.02 Å². The van der Waals surface area contributed by atoms with Gasteiger partial charge >= 0.3 is 0 Å². The van der Waals surface area contributed by atoms with E-state index in [9.17, 15) is 4.79 Å². The van der Waals surface area contributed by atoms with Crippen LogP contribution in [0, 0.1) is 6.92 Å². The van der Waals surface area contributed by atoms with Gasteiger partial charge < -0.3 is 10.6 Å². The summed E-state index contributed by atoms with van der Waals surface area (Å²) in [5, 5.41) is 6.96. The Morgan fingerprint density at radius 2 is 1.85 bits per heavy atom. The molecular weight excluding hydrogens is 346 g/mol. The molecule has 1 aromatic heterocycles. The summed E-state index contributed by atoms with van der Waals surface area (Å²) in [7, 11) is 0. The maximum atomic E-state index is 12.4. The van der Waals surface area contributed by atoms with Crippen LogP contribution in [-0.4, -0.2) is 17.4 Å². The van der Waals surface area contributed by atoms with Gasteiger partial charge in [0.15, 0.2) is 0 Å². The molecule has 4 nitrogen and oxygen atoms in total.